The van der Waals surface area contributed by atoms with Gasteiger partial charge in [0.1, 0.15) is 0 Å². The number of nitrogens with zero attached hydrogens (tertiary/aromatic N) is 4. The monoisotopic (exact) mass is 799 g/mol. The number of rotatable bonds is 5. The molecule has 4 aromatic carbocycles. The van der Waals surface area contributed by atoms with Crippen molar-refractivity contribution in [2.45, 2.75) is 65.2 Å². The number of para-hydroxylation sites is 2. The Morgan fingerprint density at radius 2 is 1.43 bits per heavy atom. The predicted octanol–water partition coefficient (Wildman–Crippen LogP) is 9.97. The third-order valence-electron chi connectivity index (χ3n) is 8.88. The topological polar surface area (TPSA) is 35.2 Å². The van der Waals surface area contributed by atoms with Crippen LogP contribution in [0, 0.1) is 15.9 Å². The van der Waals surface area contributed by atoms with Gasteiger partial charge in [-0.1, -0.05) is 20.8 Å². The van der Waals surface area contributed by atoms with Crippen molar-refractivity contribution >= 4 is 22.5 Å². The van der Waals surface area contributed by atoms with Crippen molar-refractivity contribution in [2.75, 3.05) is 11.4 Å². The first kappa shape index (κ1) is 31.4. The molecule has 1 aliphatic rings. The van der Waals surface area contributed by atoms with Crippen LogP contribution in [0.4, 0.5) is 11.5 Å². The third kappa shape index (κ3) is 6.14. The van der Waals surface area contributed by atoms with Gasteiger partial charge in [-0.25, -0.2) is 0 Å². The molecule has 1 aliphatic heterocycles. The second kappa shape index (κ2) is 12.1. The quantitative estimate of drug-likeness (QED) is 0.163. The predicted molar refractivity (Wildman–Crippen MR) is 187 cm³/mol. The van der Waals surface area contributed by atoms with E-state index in [-0.39, 0.29) is 10.8 Å². The van der Waals surface area contributed by atoms with Crippen LogP contribution in [0.5, 0.6) is 11.5 Å². The van der Waals surface area contributed by atoms with Gasteiger partial charge in [-0.15, -0.1) is 0 Å². The summed E-state index contributed by atoms with van der Waals surface area (Å²) in [4.78, 5) is 7.04. The molecule has 0 saturated heterocycles. The molecule has 7 rings (SSSR count). The Hall–Kier alpha value is -4.21. The second-order valence-corrected chi connectivity index (χ2v) is 15.3. The van der Waals surface area contributed by atoms with E-state index in [2.05, 4.69) is 160 Å². The molecule has 0 aliphatic carbocycles. The van der Waals surface area contributed by atoms with Gasteiger partial charge < -0.3 is 0 Å². The van der Waals surface area contributed by atoms with Gasteiger partial charge in [0.2, 0.25) is 0 Å². The van der Waals surface area contributed by atoms with Crippen LogP contribution >= 0.6 is 0 Å². The van der Waals surface area contributed by atoms with Crippen molar-refractivity contribution in [1.29, 1.82) is 0 Å². The number of benzene rings is 4. The van der Waals surface area contributed by atoms with Crippen LogP contribution in [0.2, 0.25) is 0 Å². The average Bonchev–Trinajstić information content (AvgIpc) is 3.35. The van der Waals surface area contributed by atoms with Crippen molar-refractivity contribution in [1.82, 2.24) is 14.1 Å². The molecule has 3 heterocycles. The summed E-state index contributed by atoms with van der Waals surface area (Å²) in [5.41, 5.74) is 9.30. The first-order chi connectivity index (χ1) is 22.5. The van der Waals surface area contributed by atoms with E-state index in [1.54, 1.807) is 0 Å². The van der Waals surface area contributed by atoms with Gasteiger partial charge in [0.25, 0.3) is 0 Å². The molecule has 0 fully saturated rings. The Bertz CT molecular complexity index is 2140. The Labute approximate surface area is 288 Å². The third-order valence-corrected chi connectivity index (χ3v) is 9.89. The van der Waals surface area contributed by atoms with Crippen molar-refractivity contribution < 1.29 is 24.1 Å². The summed E-state index contributed by atoms with van der Waals surface area (Å²) < 4.78 is 12.1. The molecule has 0 amide bonds. The molecule has 6 heteroatoms. The Morgan fingerprint density at radius 1 is 0.723 bits per heavy atom. The Kier molecular flexibility index (Phi) is 8.08. The van der Waals surface area contributed by atoms with Crippen LogP contribution in [-0.2, 0) is 36.6 Å². The summed E-state index contributed by atoms with van der Waals surface area (Å²) in [6, 6.07) is 39.1. The normalized spacial score (nSPS) is 13.6. The molecule has 0 radical (unpaired) electrons. The van der Waals surface area contributed by atoms with Gasteiger partial charge in [0, 0.05) is 6.20 Å². The van der Waals surface area contributed by atoms with Gasteiger partial charge >= 0.3 is 246 Å². The molecule has 0 saturated carbocycles. The van der Waals surface area contributed by atoms with Gasteiger partial charge in [0.15, 0.2) is 0 Å². The van der Waals surface area contributed by atoms with Crippen molar-refractivity contribution in [3.63, 3.8) is 0 Å². The number of aryl methyl sites for hydroxylation is 1. The maximum absolute atomic E-state index is 6.48. The molecule has 242 valence electrons. The molecule has 0 atom stereocenters. The van der Waals surface area contributed by atoms with Crippen LogP contribution in [0.25, 0.3) is 22.4 Å². The van der Waals surface area contributed by atoms with E-state index in [0.29, 0.717) is 11.5 Å². The second-order valence-electron chi connectivity index (χ2n) is 14.3. The number of hydrogen-bond acceptors (Lipinski definition) is 3. The number of ether oxygens (including phenoxy) is 1. The van der Waals surface area contributed by atoms with E-state index in [4.69, 9.17) is 9.72 Å². The molecule has 0 unspecified atom stereocenters. The standard InChI is InChI=1S/C41H40N4O.Pt/c1-40(2,3)30-17-19-32(20-18-30)44-28-45(37-15-8-7-14-36(37)44)33-12-9-13-34(26-33)46-35-21-16-29-11-10-24-43(38(29)27-35)39-25-31(22-23-42-39)41(4,5)6;/h7-9,12-23,25H,10-11,24H2,1-6H3;/q-2;. The van der Waals surface area contributed by atoms with E-state index in [1.165, 1.54) is 16.7 Å². The van der Waals surface area contributed by atoms with Crippen LogP contribution in [-0.4, -0.2) is 20.7 Å². The number of imidazole rings is 1. The van der Waals surface area contributed by atoms with E-state index < -0.39 is 0 Å². The van der Waals surface area contributed by atoms with E-state index in [9.17, 15) is 0 Å². The van der Waals surface area contributed by atoms with Crippen molar-refractivity contribution in [3.05, 3.63) is 130 Å². The number of pyridine rings is 1. The number of hydrogen-bond donors (Lipinski definition) is 0. The zero-order chi connectivity index (χ0) is 32.9. The number of aromatic nitrogens is 3. The molecule has 47 heavy (non-hydrogen) atoms. The minimum absolute atomic E-state index is 0.0465. The van der Waals surface area contributed by atoms with E-state index >= 15 is 0 Å². The fraction of sp³-hybridized carbons (Fsp3) is 0.268. The van der Waals surface area contributed by atoms with E-state index in [1.807, 2.05) is 24.4 Å². The average molecular weight is 800 g/mol. The first-order valence-corrected chi connectivity index (χ1v) is 17.4. The molecule has 0 bridgehead atoms. The minimum atomic E-state index is 0.0465. The van der Waals surface area contributed by atoms with Gasteiger partial charge in [-0.05, 0) is 17.0 Å². The summed E-state index contributed by atoms with van der Waals surface area (Å²) >= 11 is 2.43. The molecule has 0 spiro atoms. The van der Waals surface area contributed by atoms with Gasteiger partial charge in [-0.2, -0.15) is 0 Å². The zero-order valence-electron chi connectivity index (χ0n) is 27.9. The summed E-state index contributed by atoms with van der Waals surface area (Å²) in [6.07, 6.45) is 4.01. The Balaban J connectivity index is 1.23. The van der Waals surface area contributed by atoms with E-state index in [0.717, 1.165) is 57.1 Å². The van der Waals surface area contributed by atoms with Crippen LogP contribution in [0.3, 0.4) is 0 Å². The molecule has 5 nitrogen and oxygen atoms in total. The van der Waals surface area contributed by atoms with Gasteiger partial charge in [0.05, 0.1) is 0 Å². The Morgan fingerprint density at radius 3 is 2.15 bits per heavy atom. The van der Waals surface area contributed by atoms with Crippen molar-refractivity contribution in [2.24, 2.45) is 0 Å². The SMILES string of the molecule is CC(C)(C)c1ccc(-n2[c](=[Pt])n(-c3[c-]c(Oc4[c-]c5c(cc4)CCCN5c4cc(C(C)(C)C)ccn4)ccc3)c3ccccc32)cc1. The fourth-order valence-corrected chi connectivity index (χ4v) is 7.35. The van der Waals surface area contributed by atoms with Crippen molar-refractivity contribution in [3.8, 4) is 22.9 Å². The zero-order valence-corrected chi connectivity index (χ0v) is 30.1. The van der Waals surface area contributed by atoms with Crippen LogP contribution in [0.1, 0.15) is 64.7 Å². The molecule has 2 aromatic heterocycles. The van der Waals surface area contributed by atoms with Crippen LogP contribution < -0.4 is 9.64 Å². The number of anilines is 2. The molecule has 0 N–H and O–H groups in total. The molecular formula is C41H40N4OPt-2. The summed E-state index contributed by atoms with van der Waals surface area (Å²) in [7, 11) is 0. The number of fused-ring (bicyclic) bond motifs is 2. The molecule has 6 aromatic rings. The maximum atomic E-state index is 6.48. The first-order valence-electron chi connectivity index (χ1n) is 16.3. The summed E-state index contributed by atoms with van der Waals surface area (Å²) in [5, 5.41) is 0. The van der Waals surface area contributed by atoms with Crippen LogP contribution in [0.15, 0.2) is 97.2 Å². The van der Waals surface area contributed by atoms with Gasteiger partial charge in [-0.3, -0.25) is 0 Å². The molecular weight excluding hydrogens is 760 g/mol. The fourth-order valence-electron chi connectivity index (χ4n) is 6.24. The summed E-state index contributed by atoms with van der Waals surface area (Å²) in [5.74, 6) is 2.26. The summed E-state index contributed by atoms with van der Waals surface area (Å²) in [6.45, 7) is 14.3.